The van der Waals surface area contributed by atoms with E-state index >= 15 is 0 Å². The van der Waals surface area contributed by atoms with Crippen molar-refractivity contribution in [1.82, 2.24) is 4.90 Å². The molecule has 1 aromatic heterocycles. The summed E-state index contributed by atoms with van der Waals surface area (Å²) >= 11 is 0. The van der Waals surface area contributed by atoms with Crippen LogP contribution in [0.5, 0.6) is 0 Å². The molecule has 1 aromatic carbocycles. The highest BCUT2D eigenvalue weighted by molar-refractivity contribution is 5.59. The summed E-state index contributed by atoms with van der Waals surface area (Å²) < 4.78 is 5.84. The summed E-state index contributed by atoms with van der Waals surface area (Å²) in [5.41, 5.74) is 2.03. The molecule has 0 aliphatic carbocycles. The predicted octanol–water partition coefficient (Wildman–Crippen LogP) is 4.25. The van der Waals surface area contributed by atoms with Gasteiger partial charge in [-0.2, -0.15) is 0 Å². The number of non-ortho nitro benzene ring substituents is 1. The van der Waals surface area contributed by atoms with Crippen LogP contribution < -0.4 is 0 Å². The summed E-state index contributed by atoms with van der Waals surface area (Å²) in [6.07, 6.45) is 0. The first kappa shape index (κ1) is 16.0. The monoisotopic (exact) mass is 300 g/mol. The third-order valence-corrected chi connectivity index (χ3v) is 3.34. The summed E-state index contributed by atoms with van der Waals surface area (Å²) in [5, 5.41) is 10.7. The first-order valence-electron chi connectivity index (χ1n) is 7.20. The predicted molar refractivity (Wildman–Crippen MR) is 86.6 cm³/mol. The van der Waals surface area contributed by atoms with Crippen LogP contribution in [-0.2, 0) is 6.54 Å². The molecule has 0 atom stereocenters. The highest BCUT2D eigenvalue weighted by Gasteiger charge is 2.10. The maximum Gasteiger partial charge on any atom is 0.269 e. The van der Waals surface area contributed by atoms with E-state index in [0.29, 0.717) is 0 Å². The van der Waals surface area contributed by atoms with E-state index in [0.717, 1.165) is 42.3 Å². The minimum absolute atomic E-state index is 0.0779. The number of benzene rings is 1. The molecule has 0 saturated carbocycles. The van der Waals surface area contributed by atoms with Gasteiger partial charge in [0.05, 0.1) is 11.5 Å². The van der Waals surface area contributed by atoms with Gasteiger partial charge in [-0.05, 0) is 37.7 Å². The molecule has 0 aliphatic rings. The third-order valence-electron chi connectivity index (χ3n) is 3.34. The molecule has 5 heteroatoms. The van der Waals surface area contributed by atoms with Crippen molar-refractivity contribution in [2.45, 2.75) is 20.4 Å². The van der Waals surface area contributed by atoms with E-state index in [4.69, 9.17) is 4.42 Å². The maximum absolute atomic E-state index is 10.7. The van der Waals surface area contributed by atoms with Crippen molar-refractivity contribution < 1.29 is 9.34 Å². The van der Waals surface area contributed by atoms with E-state index < -0.39 is 4.92 Å². The van der Waals surface area contributed by atoms with Gasteiger partial charge in [-0.3, -0.25) is 15.0 Å². The molecule has 0 bridgehead atoms. The lowest BCUT2D eigenvalue weighted by Crippen LogP contribution is -2.24. The Morgan fingerprint density at radius 2 is 1.95 bits per heavy atom. The van der Waals surface area contributed by atoms with E-state index in [1.165, 1.54) is 12.1 Å². The maximum atomic E-state index is 10.7. The second kappa shape index (κ2) is 7.04. The van der Waals surface area contributed by atoms with Gasteiger partial charge in [-0.15, -0.1) is 0 Å². The summed E-state index contributed by atoms with van der Waals surface area (Å²) in [7, 11) is 0. The Morgan fingerprint density at radius 3 is 2.50 bits per heavy atom. The van der Waals surface area contributed by atoms with Crippen LogP contribution in [0.25, 0.3) is 11.3 Å². The van der Waals surface area contributed by atoms with E-state index in [-0.39, 0.29) is 5.69 Å². The minimum atomic E-state index is -0.409. The zero-order valence-corrected chi connectivity index (χ0v) is 12.9. The number of nitro groups is 1. The average Bonchev–Trinajstić information content (AvgIpc) is 2.94. The van der Waals surface area contributed by atoms with Crippen molar-refractivity contribution in [3.63, 3.8) is 0 Å². The second-order valence-electron chi connectivity index (χ2n) is 5.33. The molecule has 22 heavy (non-hydrogen) atoms. The van der Waals surface area contributed by atoms with Crippen LogP contribution in [0.1, 0.15) is 19.6 Å². The van der Waals surface area contributed by atoms with Crippen LogP contribution in [-0.4, -0.2) is 22.9 Å². The smallest absolute Gasteiger partial charge is 0.269 e. The molecule has 0 fully saturated rings. The highest BCUT2D eigenvalue weighted by atomic mass is 16.6. The number of hydrogen-bond acceptors (Lipinski definition) is 4. The lowest BCUT2D eigenvalue weighted by Gasteiger charge is -2.18. The van der Waals surface area contributed by atoms with Gasteiger partial charge in [0.15, 0.2) is 0 Å². The molecule has 5 nitrogen and oxygen atoms in total. The fourth-order valence-corrected chi connectivity index (χ4v) is 2.25. The Hall–Kier alpha value is -2.40. The number of nitro benzene ring substituents is 1. The zero-order chi connectivity index (χ0) is 16.1. The Bertz CT molecular complexity index is 659. The molecule has 0 saturated heterocycles. The first-order chi connectivity index (χ1) is 10.5. The van der Waals surface area contributed by atoms with E-state index in [1.54, 1.807) is 12.1 Å². The van der Waals surface area contributed by atoms with Crippen molar-refractivity contribution in [2.75, 3.05) is 13.1 Å². The topological polar surface area (TPSA) is 59.5 Å². The van der Waals surface area contributed by atoms with E-state index in [1.807, 2.05) is 19.1 Å². The SMILES string of the molecule is C=C(C)CN(CC)Cc1ccc(-c2ccc([N+](=O)[O-])cc2)o1. The molecular formula is C17H20N2O3. The van der Waals surface area contributed by atoms with E-state index in [9.17, 15) is 10.1 Å². The zero-order valence-electron chi connectivity index (χ0n) is 12.9. The Labute approximate surface area is 130 Å². The standard InChI is InChI=1S/C17H20N2O3/c1-4-18(11-13(2)3)12-16-9-10-17(22-16)14-5-7-15(8-6-14)19(20)21/h5-10H,2,4,11-12H2,1,3H3. The average molecular weight is 300 g/mol. The molecule has 2 rings (SSSR count). The Balaban J connectivity index is 2.10. The molecule has 2 aromatic rings. The van der Waals surface area contributed by atoms with Crippen LogP contribution in [0.4, 0.5) is 5.69 Å². The number of rotatable bonds is 7. The van der Waals surface area contributed by atoms with Gasteiger partial charge in [0.1, 0.15) is 11.5 Å². The molecule has 0 N–H and O–H groups in total. The van der Waals surface area contributed by atoms with Gasteiger partial charge >= 0.3 is 0 Å². The van der Waals surface area contributed by atoms with Crippen molar-refractivity contribution in [3.8, 4) is 11.3 Å². The van der Waals surface area contributed by atoms with Crippen molar-refractivity contribution in [1.29, 1.82) is 0 Å². The van der Waals surface area contributed by atoms with Crippen LogP contribution in [0.2, 0.25) is 0 Å². The molecular weight excluding hydrogens is 280 g/mol. The lowest BCUT2D eigenvalue weighted by atomic mass is 10.1. The number of likely N-dealkylation sites (N-methyl/N-ethyl adjacent to an activating group) is 1. The number of furan rings is 1. The molecule has 0 spiro atoms. The van der Waals surface area contributed by atoms with Gasteiger partial charge in [-0.1, -0.05) is 19.1 Å². The molecule has 0 unspecified atom stereocenters. The molecule has 0 amide bonds. The van der Waals surface area contributed by atoms with Gasteiger partial charge in [0, 0.05) is 24.2 Å². The van der Waals surface area contributed by atoms with Gasteiger partial charge in [0.2, 0.25) is 0 Å². The molecule has 0 aliphatic heterocycles. The second-order valence-corrected chi connectivity index (χ2v) is 5.33. The fourth-order valence-electron chi connectivity index (χ4n) is 2.25. The minimum Gasteiger partial charge on any atom is -0.460 e. The third kappa shape index (κ3) is 4.05. The summed E-state index contributed by atoms with van der Waals surface area (Å²) in [6.45, 7) is 10.5. The molecule has 0 radical (unpaired) electrons. The van der Waals surface area contributed by atoms with Gasteiger partial charge in [-0.25, -0.2) is 0 Å². The highest BCUT2D eigenvalue weighted by Crippen LogP contribution is 2.25. The Kier molecular flexibility index (Phi) is 5.12. The van der Waals surface area contributed by atoms with Crippen LogP contribution in [0.15, 0.2) is 53.0 Å². The summed E-state index contributed by atoms with van der Waals surface area (Å²) in [6, 6.07) is 10.2. The van der Waals surface area contributed by atoms with Crippen LogP contribution in [0.3, 0.4) is 0 Å². The number of nitrogens with zero attached hydrogens (tertiary/aromatic N) is 2. The summed E-state index contributed by atoms with van der Waals surface area (Å²) in [5.74, 6) is 1.59. The van der Waals surface area contributed by atoms with Gasteiger partial charge in [0.25, 0.3) is 5.69 Å². The quantitative estimate of drug-likeness (QED) is 0.435. The normalized spacial score (nSPS) is 10.9. The van der Waals surface area contributed by atoms with Crippen molar-refractivity contribution >= 4 is 5.69 Å². The summed E-state index contributed by atoms with van der Waals surface area (Å²) in [4.78, 5) is 12.5. The van der Waals surface area contributed by atoms with E-state index in [2.05, 4.69) is 18.4 Å². The fraction of sp³-hybridized carbons (Fsp3) is 0.294. The Morgan fingerprint density at radius 1 is 1.27 bits per heavy atom. The lowest BCUT2D eigenvalue weighted by molar-refractivity contribution is -0.384. The number of hydrogen-bond donors (Lipinski definition) is 0. The molecule has 1 heterocycles. The van der Waals surface area contributed by atoms with Gasteiger partial charge < -0.3 is 4.42 Å². The first-order valence-corrected chi connectivity index (χ1v) is 7.20. The van der Waals surface area contributed by atoms with Crippen LogP contribution in [0, 0.1) is 10.1 Å². The largest absolute Gasteiger partial charge is 0.460 e. The van der Waals surface area contributed by atoms with Crippen molar-refractivity contribution in [2.24, 2.45) is 0 Å². The van der Waals surface area contributed by atoms with Crippen molar-refractivity contribution in [3.05, 3.63) is 64.4 Å². The molecule has 116 valence electrons. The van der Waals surface area contributed by atoms with Crippen LogP contribution >= 0.6 is 0 Å².